The van der Waals surface area contributed by atoms with Gasteiger partial charge < -0.3 is 14.3 Å². The molecule has 3 rings (SSSR count). The van der Waals surface area contributed by atoms with Crippen molar-refractivity contribution >= 4 is 11.8 Å². The molecule has 0 saturated carbocycles. The van der Waals surface area contributed by atoms with Gasteiger partial charge in [0.05, 0.1) is 5.92 Å². The lowest BCUT2D eigenvalue weighted by Crippen LogP contribution is -2.48. The Bertz CT molecular complexity index is 719. The highest BCUT2D eigenvalue weighted by Gasteiger charge is 2.40. The molecule has 2 saturated heterocycles. The number of rotatable bonds is 3. The summed E-state index contributed by atoms with van der Waals surface area (Å²) in [6, 6.07) is 0. The third-order valence-corrected chi connectivity index (χ3v) is 5.04. The molecule has 0 aliphatic carbocycles. The summed E-state index contributed by atoms with van der Waals surface area (Å²) in [4.78, 5) is 31.4. The van der Waals surface area contributed by atoms with E-state index in [4.69, 9.17) is 0 Å². The molecule has 1 aromatic rings. The van der Waals surface area contributed by atoms with E-state index in [1.54, 1.807) is 9.80 Å². The molecule has 0 radical (unpaired) electrons. The van der Waals surface area contributed by atoms with Gasteiger partial charge in [0.1, 0.15) is 0 Å². The number of carbonyl (C=O) groups excluding carboxylic acids is 2. The fourth-order valence-electron chi connectivity index (χ4n) is 3.67. The van der Waals surface area contributed by atoms with Crippen LogP contribution >= 0.6 is 0 Å². The number of hydrogen-bond acceptors (Lipinski definition) is 5. The largest absolute Gasteiger partial charge is 0.471 e. The van der Waals surface area contributed by atoms with Crippen molar-refractivity contribution in [2.24, 2.45) is 5.92 Å². The fraction of sp³-hybridized carbons (Fsp3) is 0.647. The van der Waals surface area contributed by atoms with Crippen molar-refractivity contribution in [3.05, 3.63) is 24.4 Å². The van der Waals surface area contributed by atoms with E-state index >= 15 is 0 Å². The van der Waals surface area contributed by atoms with Crippen LogP contribution in [-0.4, -0.2) is 57.9 Å². The van der Waals surface area contributed by atoms with Gasteiger partial charge in [0, 0.05) is 32.1 Å². The quantitative estimate of drug-likeness (QED) is 0.745. The van der Waals surface area contributed by atoms with Gasteiger partial charge in [-0.2, -0.15) is 18.2 Å². The van der Waals surface area contributed by atoms with E-state index in [-0.39, 0.29) is 30.1 Å². The molecular weight excluding hydrogens is 365 g/mol. The van der Waals surface area contributed by atoms with Crippen molar-refractivity contribution < 1.29 is 27.3 Å². The van der Waals surface area contributed by atoms with Crippen molar-refractivity contribution in [3.63, 3.8) is 0 Å². The van der Waals surface area contributed by atoms with Crippen molar-refractivity contribution in [3.8, 4) is 0 Å². The average molecular weight is 386 g/mol. The molecule has 2 aliphatic heterocycles. The fourth-order valence-corrected chi connectivity index (χ4v) is 3.67. The van der Waals surface area contributed by atoms with E-state index in [1.165, 1.54) is 6.08 Å². The summed E-state index contributed by atoms with van der Waals surface area (Å²) in [6.45, 7) is 5.19. The van der Waals surface area contributed by atoms with E-state index in [0.717, 1.165) is 6.42 Å². The zero-order valence-corrected chi connectivity index (χ0v) is 14.7. The maximum Gasteiger partial charge on any atom is 0.471 e. The summed E-state index contributed by atoms with van der Waals surface area (Å²) in [6.07, 6.45) is -0.800. The monoisotopic (exact) mass is 386 g/mol. The second-order valence-electron chi connectivity index (χ2n) is 6.91. The van der Waals surface area contributed by atoms with E-state index in [0.29, 0.717) is 38.9 Å². The van der Waals surface area contributed by atoms with Crippen molar-refractivity contribution in [2.45, 2.75) is 37.8 Å². The molecule has 7 nitrogen and oxygen atoms in total. The van der Waals surface area contributed by atoms with Crippen LogP contribution in [0.4, 0.5) is 13.2 Å². The van der Waals surface area contributed by atoms with E-state index < -0.39 is 18.0 Å². The molecule has 2 unspecified atom stereocenters. The third-order valence-electron chi connectivity index (χ3n) is 5.04. The van der Waals surface area contributed by atoms with Crippen molar-refractivity contribution in [2.75, 3.05) is 26.2 Å². The minimum atomic E-state index is -4.68. The molecule has 10 heteroatoms. The molecular formula is C17H21F3N4O3. The Morgan fingerprint density at radius 2 is 1.85 bits per heavy atom. The van der Waals surface area contributed by atoms with Crippen LogP contribution in [0.3, 0.4) is 0 Å². The van der Waals surface area contributed by atoms with Gasteiger partial charge >= 0.3 is 12.1 Å². The van der Waals surface area contributed by atoms with Crippen LogP contribution in [0.5, 0.6) is 0 Å². The van der Waals surface area contributed by atoms with Gasteiger partial charge in [-0.15, -0.1) is 0 Å². The van der Waals surface area contributed by atoms with Crippen LogP contribution in [-0.2, 0) is 15.8 Å². The first-order valence-corrected chi connectivity index (χ1v) is 8.90. The zero-order chi connectivity index (χ0) is 19.6. The maximum absolute atomic E-state index is 12.9. The van der Waals surface area contributed by atoms with Gasteiger partial charge in [0.15, 0.2) is 5.82 Å². The second kappa shape index (κ2) is 7.69. The first-order valence-electron chi connectivity index (χ1n) is 8.90. The smallest absolute Gasteiger partial charge is 0.342 e. The van der Waals surface area contributed by atoms with E-state index in [9.17, 15) is 22.8 Å². The van der Waals surface area contributed by atoms with Gasteiger partial charge in [-0.25, -0.2) is 0 Å². The van der Waals surface area contributed by atoms with Gasteiger partial charge in [0.25, 0.3) is 0 Å². The number of nitrogens with zero attached hydrogens (tertiary/aromatic N) is 4. The molecule has 148 valence electrons. The van der Waals surface area contributed by atoms with Gasteiger partial charge in [-0.05, 0) is 31.8 Å². The average Bonchev–Trinajstić information content (AvgIpc) is 3.18. The van der Waals surface area contributed by atoms with Crippen LogP contribution in [0.1, 0.15) is 43.3 Å². The molecule has 0 bridgehead atoms. The standard InChI is InChI=1S/C17H21F3N4O3/c1-2-13(25)23-7-4-6-12(10-23)15(26)24-8-3-5-11(9-24)14-21-16(27-22-14)17(18,19)20/h2,11-12H,1,3-10H2. The number of likely N-dealkylation sites (tertiary alicyclic amines) is 2. The normalized spacial score (nSPS) is 24.0. The van der Waals surface area contributed by atoms with Crippen LogP contribution in [0.2, 0.25) is 0 Å². The zero-order valence-electron chi connectivity index (χ0n) is 14.7. The lowest BCUT2D eigenvalue weighted by Gasteiger charge is -2.37. The molecule has 0 N–H and O–H groups in total. The lowest BCUT2D eigenvalue weighted by atomic mass is 9.92. The molecule has 1 aromatic heterocycles. The Morgan fingerprint density at radius 1 is 1.15 bits per heavy atom. The minimum absolute atomic E-state index is 0.0214. The van der Waals surface area contributed by atoms with Gasteiger partial charge in [-0.3, -0.25) is 9.59 Å². The summed E-state index contributed by atoms with van der Waals surface area (Å²) in [5, 5.41) is 3.45. The Labute approximate surface area is 154 Å². The Morgan fingerprint density at radius 3 is 2.52 bits per heavy atom. The Kier molecular flexibility index (Phi) is 5.52. The molecule has 2 fully saturated rings. The van der Waals surface area contributed by atoms with E-state index in [2.05, 4.69) is 21.2 Å². The first-order chi connectivity index (χ1) is 12.8. The lowest BCUT2D eigenvalue weighted by molar-refractivity contribution is -0.159. The molecule has 2 atom stereocenters. The predicted octanol–water partition coefficient (Wildman–Crippen LogP) is 2.22. The summed E-state index contributed by atoms with van der Waals surface area (Å²) in [5.41, 5.74) is 0. The van der Waals surface area contributed by atoms with E-state index in [1.807, 2.05) is 0 Å². The molecule has 0 spiro atoms. The number of hydrogen-bond donors (Lipinski definition) is 0. The highest BCUT2D eigenvalue weighted by atomic mass is 19.4. The Hall–Kier alpha value is -2.39. The maximum atomic E-state index is 12.9. The molecule has 2 amide bonds. The minimum Gasteiger partial charge on any atom is -0.342 e. The first kappa shape index (κ1) is 19.4. The molecule has 3 heterocycles. The number of carbonyl (C=O) groups is 2. The van der Waals surface area contributed by atoms with Crippen LogP contribution in [0.25, 0.3) is 0 Å². The third kappa shape index (κ3) is 4.30. The number of halogens is 3. The Balaban J connectivity index is 1.65. The van der Waals surface area contributed by atoms with Crippen LogP contribution in [0.15, 0.2) is 17.2 Å². The van der Waals surface area contributed by atoms with Crippen molar-refractivity contribution in [1.82, 2.24) is 19.9 Å². The summed E-state index contributed by atoms with van der Waals surface area (Å²) in [7, 11) is 0. The topological polar surface area (TPSA) is 79.5 Å². The van der Waals surface area contributed by atoms with Crippen molar-refractivity contribution in [1.29, 1.82) is 0 Å². The predicted molar refractivity (Wildman–Crippen MR) is 87.4 cm³/mol. The van der Waals surface area contributed by atoms with Gasteiger partial charge in [0.2, 0.25) is 11.8 Å². The summed E-state index contributed by atoms with van der Waals surface area (Å²) >= 11 is 0. The summed E-state index contributed by atoms with van der Waals surface area (Å²) < 4.78 is 42.2. The summed E-state index contributed by atoms with van der Waals surface area (Å²) in [5.74, 6) is -2.37. The van der Waals surface area contributed by atoms with Crippen LogP contribution in [0, 0.1) is 5.92 Å². The molecule has 27 heavy (non-hydrogen) atoms. The highest BCUT2D eigenvalue weighted by Crippen LogP contribution is 2.31. The number of alkyl halides is 3. The van der Waals surface area contributed by atoms with Crippen LogP contribution < -0.4 is 0 Å². The van der Waals surface area contributed by atoms with Gasteiger partial charge in [-0.1, -0.05) is 11.7 Å². The number of piperidine rings is 2. The molecule has 0 aromatic carbocycles. The second-order valence-corrected chi connectivity index (χ2v) is 6.91. The molecule has 2 aliphatic rings. The number of aromatic nitrogens is 2. The number of amides is 2. The SMILES string of the molecule is C=CC(=O)N1CCCC(C(=O)N2CCCC(c3noc(C(F)(F)F)n3)C2)C1. The highest BCUT2D eigenvalue weighted by molar-refractivity contribution is 5.88.